The topological polar surface area (TPSA) is 46.5 Å². The molecule has 98 valence electrons. The number of carboxylic acid groups (broad SMARTS) is 1. The van der Waals surface area contributed by atoms with Crippen molar-refractivity contribution in [1.82, 2.24) is 0 Å². The number of fused-ring (bicyclic) bond motifs is 1. The molecule has 1 aliphatic heterocycles. The van der Waals surface area contributed by atoms with Gasteiger partial charge in [0.1, 0.15) is 11.4 Å². The Kier molecular flexibility index (Phi) is 3.01. The molecule has 1 N–H and O–H groups in total. The van der Waals surface area contributed by atoms with Crippen molar-refractivity contribution in [3.05, 3.63) is 29.3 Å². The molecule has 18 heavy (non-hydrogen) atoms. The summed E-state index contributed by atoms with van der Waals surface area (Å²) in [6.45, 7) is 9.11. The zero-order valence-corrected chi connectivity index (χ0v) is 12.4. The van der Waals surface area contributed by atoms with Gasteiger partial charge in [-0.3, -0.25) is 0 Å². The van der Waals surface area contributed by atoms with Crippen LogP contribution in [0.25, 0.3) is 0 Å². The third-order valence-electron chi connectivity index (χ3n) is 3.13. The molecule has 1 aliphatic rings. The second kappa shape index (κ2) is 4.12. The molecular formula is C14H20O3Si. The van der Waals surface area contributed by atoms with E-state index < -0.39 is 14.0 Å². The predicted octanol–water partition coefficient (Wildman–Crippen LogP) is 3.42. The van der Waals surface area contributed by atoms with Gasteiger partial charge in [0.25, 0.3) is 0 Å². The molecule has 0 aromatic heterocycles. The maximum atomic E-state index is 11.0. The molecule has 1 aromatic rings. The van der Waals surface area contributed by atoms with Gasteiger partial charge >= 0.3 is 5.97 Å². The molecule has 3 nitrogen and oxygen atoms in total. The fraction of sp³-hybridized carbons (Fsp3) is 0.500. The molecule has 1 heterocycles. The van der Waals surface area contributed by atoms with Crippen molar-refractivity contribution in [2.24, 2.45) is 0 Å². The Morgan fingerprint density at radius 3 is 2.67 bits per heavy atom. The molecule has 0 fully saturated rings. The SMILES string of the molecule is CC1(C[Si](C)(C)C)Cc2cc(C(=O)O)ccc2O1. The van der Waals surface area contributed by atoms with Gasteiger partial charge < -0.3 is 9.84 Å². The molecule has 0 radical (unpaired) electrons. The van der Waals surface area contributed by atoms with Gasteiger partial charge in [0.15, 0.2) is 0 Å². The van der Waals surface area contributed by atoms with E-state index in [1.807, 2.05) is 0 Å². The molecule has 0 bridgehead atoms. The molecule has 1 atom stereocenters. The molecule has 1 aromatic carbocycles. The number of carboxylic acids is 1. The average molecular weight is 264 g/mol. The number of carbonyl (C=O) groups is 1. The van der Waals surface area contributed by atoms with E-state index in [9.17, 15) is 4.79 Å². The van der Waals surface area contributed by atoms with Gasteiger partial charge in [-0.2, -0.15) is 0 Å². The van der Waals surface area contributed by atoms with Crippen molar-refractivity contribution in [1.29, 1.82) is 0 Å². The first-order valence-electron chi connectivity index (χ1n) is 6.24. The zero-order valence-electron chi connectivity index (χ0n) is 11.4. The quantitative estimate of drug-likeness (QED) is 0.851. The predicted molar refractivity (Wildman–Crippen MR) is 74.3 cm³/mol. The number of hydrogen-bond donors (Lipinski definition) is 1. The summed E-state index contributed by atoms with van der Waals surface area (Å²) in [5.41, 5.74) is 1.20. The van der Waals surface area contributed by atoms with Crippen LogP contribution < -0.4 is 4.74 Å². The highest BCUT2D eigenvalue weighted by Gasteiger charge is 2.38. The number of rotatable bonds is 3. The van der Waals surface area contributed by atoms with Crippen LogP contribution in [0.4, 0.5) is 0 Å². The highest BCUT2D eigenvalue weighted by atomic mass is 28.3. The summed E-state index contributed by atoms with van der Waals surface area (Å²) in [5, 5.41) is 9.00. The average Bonchev–Trinajstić information content (AvgIpc) is 2.48. The van der Waals surface area contributed by atoms with Gasteiger partial charge in [0.05, 0.1) is 5.56 Å². The molecule has 4 heteroatoms. The normalized spacial score (nSPS) is 22.4. The van der Waals surface area contributed by atoms with Crippen molar-refractivity contribution in [3.63, 3.8) is 0 Å². The molecule has 0 saturated heterocycles. The molecule has 0 amide bonds. The highest BCUT2D eigenvalue weighted by molar-refractivity contribution is 6.76. The maximum Gasteiger partial charge on any atom is 0.335 e. The van der Waals surface area contributed by atoms with E-state index in [0.29, 0.717) is 5.56 Å². The fourth-order valence-corrected chi connectivity index (χ4v) is 5.32. The van der Waals surface area contributed by atoms with Gasteiger partial charge in [-0.25, -0.2) is 4.79 Å². The first kappa shape index (κ1) is 13.1. The van der Waals surface area contributed by atoms with Crippen LogP contribution in [0.15, 0.2) is 18.2 Å². The second-order valence-corrected chi connectivity index (χ2v) is 12.1. The number of hydrogen-bond acceptors (Lipinski definition) is 2. The van der Waals surface area contributed by atoms with Gasteiger partial charge in [0, 0.05) is 14.5 Å². The Bertz CT molecular complexity index is 490. The van der Waals surface area contributed by atoms with E-state index in [2.05, 4.69) is 26.6 Å². The maximum absolute atomic E-state index is 11.0. The summed E-state index contributed by atoms with van der Waals surface area (Å²) in [4.78, 5) is 11.0. The minimum atomic E-state index is -1.21. The first-order valence-corrected chi connectivity index (χ1v) is 9.95. The fourth-order valence-electron chi connectivity index (χ4n) is 2.88. The summed E-state index contributed by atoms with van der Waals surface area (Å²) >= 11 is 0. The minimum absolute atomic E-state index is 0.163. The molecule has 1 unspecified atom stereocenters. The lowest BCUT2D eigenvalue weighted by molar-refractivity contribution is 0.0697. The summed E-state index contributed by atoms with van der Waals surface area (Å²) in [5.74, 6) is -0.0302. The van der Waals surface area contributed by atoms with Crippen molar-refractivity contribution in [2.75, 3.05) is 0 Å². The minimum Gasteiger partial charge on any atom is -0.487 e. The highest BCUT2D eigenvalue weighted by Crippen LogP contribution is 2.39. The van der Waals surface area contributed by atoms with E-state index in [1.165, 1.54) is 0 Å². The summed E-state index contributed by atoms with van der Waals surface area (Å²) in [7, 11) is -1.21. The van der Waals surface area contributed by atoms with Crippen LogP contribution in [0.3, 0.4) is 0 Å². The van der Waals surface area contributed by atoms with Crippen LogP contribution in [-0.2, 0) is 6.42 Å². The monoisotopic (exact) mass is 264 g/mol. The first-order chi connectivity index (χ1) is 8.19. The standard InChI is InChI=1S/C14H20O3Si/c1-14(9-18(2,3)4)8-11-7-10(13(15)16)5-6-12(11)17-14/h5-7H,8-9H2,1-4H3,(H,15,16). The van der Waals surface area contributed by atoms with Gasteiger partial charge in [0.2, 0.25) is 0 Å². The Labute approximate surface area is 109 Å². The summed E-state index contributed by atoms with van der Waals surface area (Å²) < 4.78 is 6.05. The van der Waals surface area contributed by atoms with E-state index in [-0.39, 0.29) is 5.60 Å². The molecule has 2 rings (SSSR count). The lowest BCUT2D eigenvalue weighted by Gasteiger charge is -2.30. The van der Waals surface area contributed by atoms with Crippen molar-refractivity contribution < 1.29 is 14.6 Å². The molecule has 0 spiro atoms. The van der Waals surface area contributed by atoms with Gasteiger partial charge in [-0.05, 0) is 36.7 Å². The lowest BCUT2D eigenvalue weighted by Crippen LogP contribution is -2.39. The third-order valence-corrected chi connectivity index (χ3v) is 4.94. The number of ether oxygens (including phenoxy) is 1. The molecular weight excluding hydrogens is 244 g/mol. The number of benzene rings is 1. The van der Waals surface area contributed by atoms with E-state index in [1.54, 1.807) is 18.2 Å². The Morgan fingerprint density at radius 1 is 1.44 bits per heavy atom. The Morgan fingerprint density at radius 2 is 2.11 bits per heavy atom. The van der Waals surface area contributed by atoms with Crippen LogP contribution in [0.2, 0.25) is 25.7 Å². The van der Waals surface area contributed by atoms with Crippen LogP contribution in [-0.4, -0.2) is 24.8 Å². The van der Waals surface area contributed by atoms with E-state index in [4.69, 9.17) is 9.84 Å². The van der Waals surface area contributed by atoms with Crippen molar-refractivity contribution in [2.45, 2.75) is 44.6 Å². The van der Waals surface area contributed by atoms with Gasteiger partial charge in [-0.15, -0.1) is 0 Å². The van der Waals surface area contributed by atoms with Crippen LogP contribution in [0, 0.1) is 0 Å². The Balaban J connectivity index is 2.24. The molecule has 0 aliphatic carbocycles. The summed E-state index contributed by atoms with van der Waals surface area (Å²) in [6, 6.07) is 6.22. The zero-order chi connectivity index (χ0) is 13.6. The third kappa shape index (κ3) is 2.75. The van der Waals surface area contributed by atoms with Crippen molar-refractivity contribution >= 4 is 14.0 Å². The van der Waals surface area contributed by atoms with E-state index >= 15 is 0 Å². The largest absolute Gasteiger partial charge is 0.487 e. The number of aromatic carboxylic acids is 1. The second-order valence-electron chi connectivity index (χ2n) is 6.59. The van der Waals surface area contributed by atoms with Gasteiger partial charge in [-0.1, -0.05) is 19.6 Å². The molecule has 0 saturated carbocycles. The smallest absolute Gasteiger partial charge is 0.335 e. The van der Waals surface area contributed by atoms with Crippen LogP contribution >= 0.6 is 0 Å². The Hall–Kier alpha value is -1.29. The summed E-state index contributed by atoms with van der Waals surface area (Å²) in [6.07, 6.45) is 0.813. The van der Waals surface area contributed by atoms with E-state index in [0.717, 1.165) is 23.8 Å². The van der Waals surface area contributed by atoms with Crippen molar-refractivity contribution in [3.8, 4) is 5.75 Å². The van der Waals surface area contributed by atoms with Crippen LogP contribution in [0.5, 0.6) is 5.75 Å². The van der Waals surface area contributed by atoms with Crippen LogP contribution in [0.1, 0.15) is 22.8 Å². The lowest BCUT2D eigenvalue weighted by atomic mass is 10.00.